The van der Waals surface area contributed by atoms with E-state index in [1.54, 1.807) is 13.1 Å². The number of phenolic OH excluding ortho intramolecular Hbond substituents is 2. The molecule has 0 saturated heterocycles. The minimum absolute atomic E-state index is 0. The van der Waals surface area contributed by atoms with Gasteiger partial charge in [0.05, 0.1) is 6.10 Å². The summed E-state index contributed by atoms with van der Waals surface area (Å²) in [5.74, 6) is -0.395. The molecule has 14 heavy (non-hydrogen) atoms. The van der Waals surface area contributed by atoms with Gasteiger partial charge in [-0.15, -0.1) is 0 Å². The molecule has 4 N–H and O–H groups in total. The van der Waals surface area contributed by atoms with E-state index in [4.69, 9.17) is 10.2 Å². The number of aliphatic hydroxyl groups is 1. The Morgan fingerprint density at radius 3 is 2.43 bits per heavy atom. The summed E-state index contributed by atoms with van der Waals surface area (Å²) in [5.41, 5.74) is 0.574. The van der Waals surface area contributed by atoms with Crippen molar-refractivity contribution in [3.63, 3.8) is 0 Å². The van der Waals surface area contributed by atoms with Gasteiger partial charge < -0.3 is 20.6 Å². The number of rotatable bonds is 3. The van der Waals surface area contributed by atoms with Crippen molar-refractivity contribution in [1.29, 1.82) is 0 Å². The van der Waals surface area contributed by atoms with Crippen LogP contribution in [0.2, 0.25) is 0 Å². The molecule has 0 amide bonds. The maximum absolute atomic E-state index is 9.48. The van der Waals surface area contributed by atoms with Crippen molar-refractivity contribution >= 4 is 0 Å². The highest BCUT2D eigenvalue weighted by Crippen LogP contribution is 2.27. The fourth-order valence-electron chi connectivity index (χ4n) is 1.06. The lowest BCUT2D eigenvalue weighted by atomic mass is 10.1. The Labute approximate surface area is 81.2 Å². The minimum Gasteiger partial charge on any atom is -0.504 e. The zero-order valence-electron chi connectivity index (χ0n) is 7.77. The molecule has 1 aromatic carbocycles. The fourth-order valence-corrected chi connectivity index (χ4v) is 1.06. The predicted molar refractivity (Wildman–Crippen MR) is 51.2 cm³/mol. The van der Waals surface area contributed by atoms with Crippen molar-refractivity contribution in [2.75, 3.05) is 13.6 Å². The van der Waals surface area contributed by atoms with Crippen LogP contribution in [0.1, 0.15) is 11.7 Å². The van der Waals surface area contributed by atoms with E-state index in [9.17, 15) is 5.11 Å². The van der Waals surface area contributed by atoms with Gasteiger partial charge in [0.1, 0.15) is 0 Å². The van der Waals surface area contributed by atoms with Gasteiger partial charge in [0, 0.05) is 6.54 Å². The molecule has 0 aliphatic carbocycles. The average molecular weight is 203 g/mol. The molecule has 1 aromatic rings. The third kappa shape index (κ3) is 2.86. The number of aromatic hydroxyl groups is 2. The van der Waals surface area contributed by atoms with Gasteiger partial charge in [0.25, 0.3) is 0 Å². The Balaban J connectivity index is 0.00000169. The van der Waals surface area contributed by atoms with Crippen molar-refractivity contribution in [2.24, 2.45) is 0 Å². The number of benzene rings is 1. The van der Waals surface area contributed by atoms with E-state index < -0.39 is 6.10 Å². The van der Waals surface area contributed by atoms with Crippen LogP contribution in [0.15, 0.2) is 18.2 Å². The summed E-state index contributed by atoms with van der Waals surface area (Å²) in [6, 6.07) is 4.26. The van der Waals surface area contributed by atoms with Gasteiger partial charge in [-0.1, -0.05) is 6.07 Å². The third-order valence-electron chi connectivity index (χ3n) is 1.78. The molecule has 0 bridgehead atoms. The molecule has 0 fully saturated rings. The molecule has 0 aromatic heterocycles. The summed E-state index contributed by atoms with van der Waals surface area (Å²) >= 11 is 0. The number of hydrogen-bond acceptors (Lipinski definition) is 4. The zero-order chi connectivity index (χ0) is 9.84. The van der Waals surface area contributed by atoms with Crippen LogP contribution in [0.3, 0.4) is 0 Å². The quantitative estimate of drug-likeness (QED) is 0.540. The Kier molecular flexibility index (Phi) is 4.90. The first-order valence-corrected chi connectivity index (χ1v) is 3.99. The smallest absolute Gasteiger partial charge is 0.157 e. The summed E-state index contributed by atoms with van der Waals surface area (Å²) in [6.45, 7) is 0.407. The van der Waals surface area contributed by atoms with E-state index >= 15 is 0 Å². The number of halogens is 1. The van der Waals surface area contributed by atoms with Gasteiger partial charge in [0.2, 0.25) is 0 Å². The molecule has 0 aliphatic rings. The Morgan fingerprint density at radius 2 is 1.93 bits per heavy atom. The highest BCUT2D eigenvalue weighted by atomic mass is 19.0. The topological polar surface area (TPSA) is 72.7 Å². The van der Waals surface area contributed by atoms with Crippen LogP contribution < -0.4 is 5.32 Å². The van der Waals surface area contributed by atoms with Crippen LogP contribution in [0.5, 0.6) is 11.5 Å². The molecule has 0 radical (unpaired) electrons. The summed E-state index contributed by atoms with van der Waals surface area (Å²) in [7, 11) is 1.73. The summed E-state index contributed by atoms with van der Waals surface area (Å²) < 4.78 is 0. The van der Waals surface area contributed by atoms with E-state index in [1.807, 2.05) is 0 Å². The number of likely N-dealkylation sites (N-methyl/N-ethyl adjacent to an activating group) is 1. The minimum atomic E-state index is -0.670. The van der Waals surface area contributed by atoms with Crippen LogP contribution in [-0.4, -0.2) is 28.9 Å². The second-order valence-electron chi connectivity index (χ2n) is 2.82. The number of phenols is 2. The van der Waals surface area contributed by atoms with Crippen LogP contribution in [0, 0.1) is 0 Å². The van der Waals surface area contributed by atoms with E-state index in [-0.39, 0.29) is 16.2 Å². The molecule has 4 nitrogen and oxygen atoms in total. The van der Waals surface area contributed by atoms with Gasteiger partial charge in [-0.3, -0.25) is 4.70 Å². The third-order valence-corrected chi connectivity index (χ3v) is 1.78. The second-order valence-corrected chi connectivity index (χ2v) is 2.82. The molecule has 0 aliphatic heterocycles. The summed E-state index contributed by atoms with van der Waals surface area (Å²) in [6.07, 6.45) is -0.670. The lowest BCUT2D eigenvalue weighted by Gasteiger charge is -2.10. The molecular formula is C9H14FNO3. The Morgan fingerprint density at radius 1 is 1.29 bits per heavy atom. The predicted octanol–water partition coefficient (Wildman–Crippen LogP) is 0.503. The maximum Gasteiger partial charge on any atom is 0.157 e. The zero-order valence-corrected chi connectivity index (χ0v) is 7.77. The van der Waals surface area contributed by atoms with Gasteiger partial charge in [0.15, 0.2) is 11.5 Å². The van der Waals surface area contributed by atoms with Gasteiger partial charge in [-0.05, 0) is 24.7 Å². The Bertz CT molecular complexity index is 293. The second kappa shape index (κ2) is 5.41. The first kappa shape index (κ1) is 12.7. The Hall–Kier alpha value is -1.33. The van der Waals surface area contributed by atoms with Crippen LogP contribution in [-0.2, 0) is 0 Å². The molecular weight excluding hydrogens is 189 g/mol. The van der Waals surface area contributed by atoms with Gasteiger partial charge in [-0.2, -0.15) is 0 Å². The molecule has 80 valence electrons. The number of hydrogen-bond donors (Lipinski definition) is 4. The molecule has 0 unspecified atom stereocenters. The molecule has 0 saturated carbocycles. The standard InChI is InChI=1S/C9H13NO3.FH/c1-10-5-9(13)6-2-3-7(11)8(12)4-6;/h2-4,9-13H,5H2,1H3;1H/t9-;/m0./s1. The van der Waals surface area contributed by atoms with Crippen molar-refractivity contribution in [3.05, 3.63) is 23.8 Å². The van der Waals surface area contributed by atoms with Crippen molar-refractivity contribution in [2.45, 2.75) is 6.10 Å². The van der Waals surface area contributed by atoms with E-state index in [0.717, 1.165) is 0 Å². The van der Waals surface area contributed by atoms with E-state index in [1.165, 1.54) is 12.1 Å². The first-order chi connectivity index (χ1) is 6.15. The highest BCUT2D eigenvalue weighted by molar-refractivity contribution is 5.41. The van der Waals surface area contributed by atoms with Crippen molar-refractivity contribution < 1.29 is 20.0 Å². The SMILES string of the molecule is CNC[C@H](O)c1ccc(O)c(O)c1.F. The summed E-state index contributed by atoms with van der Waals surface area (Å²) in [5, 5.41) is 30.4. The maximum atomic E-state index is 9.48. The van der Waals surface area contributed by atoms with Crippen LogP contribution >= 0.6 is 0 Å². The highest BCUT2D eigenvalue weighted by Gasteiger charge is 2.08. The van der Waals surface area contributed by atoms with Crippen LogP contribution in [0.4, 0.5) is 4.70 Å². The normalized spacial score (nSPS) is 11.9. The number of nitrogens with one attached hydrogen (secondary N) is 1. The van der Waals surface area contributed by atoms with Crippen LogP contribution in [0.25, 0.3) is 0 Å². The lowest BCUT2D eigenvalue weighted by Crippen LogP contribution is -2.16. The molecule has 5 heteroatoms. The molecule has 0 spiro atoms. The number of aliphatic hydroxyl groups excluding tert-OH is 1. The van der Waals surface area contributed by atoms with Gasteiger partial charge >= 0.3 is 0 Å². The molecule has 0 heterocycles. The average Bonchev–Trinajstić information content (AvgIpc) is 2.10. The van der Waals surface area contributed by atoms with Crippen molar-refractivity contribution in [3.8, 4) is 11.5 Å². The molecule has 1 atom stereocenters. The fraction of sp³-hybridized carbons (Fsp3) is 0.333. The lowest BCUT2D eigenvalue weighted by molar-refractivity contribution is 0.177. The van der Waals surface area contributed by atoms with E-state index in [0.29, 0.717) is 12.1 Å². The molecule has 1 rings (SSSR count). The van der Waals surface area contributed by atoms with E-state index in [2.05, 4.69) is 5.32 Å². The summed E-state index contributed by atoms with van der Waals surface area (Å²) in [4.78, 5) is 0. The monoisotopic (exact) mass is 203 g/mol. The van der Waals surface area contributed by atoms with Crippen molar-refractivity contribution in [1.82, 2.24) is 5.32 Å². The largest absolute Gasteiger partial charge is 0.504 e. The first-order valence-electron chi connectivity index (χ1n) is 3.99. The van der Waals surface area contributed by atoms with Gasteiger partial charge in [-0.25, -0.2) is 0 Å².